The maximum absolute atomic E-state index is 12.9. The number of rotatable bonds is 53. The summed E-state index contributed by atoms with van der Waals surface area (Å²) < 4.78 is 16.8. The van der Waals surface area contributed by atoms with Crippen LogP contribution in [-0.2, 0) is 28.6 Å². The Bertz CT molecular complexity index is 1540. The normalized spacial score (nSPS) is 13.0. The first-order valence-corrected chi connectivity index (χ1v) is 30.0. The largest absolute Gasteiger partial charge is 0.462 e. The van der Waals surface area contributed by atoms with Crippen molar-refractivity contribution in [1.82, 2.24) is 0 Å². The molecule has 0 fully saturated rings. The zero-order chi connectivity index (χ0) is 52.9. The van der Waals surface area contributed by atoms with Crippen LogP contribution in [-0.4, -0.2) is 37.2 Å². The molecule has 0 aromatic heterocycles. The zero-order valence-electron chi connectivity index (χ0n) is 47.4. The summed E-state index contributed by atoms with van der Waals surface area (Å²) in [5.41, 5.74) is 0. The van der Waals surface area contributed by atoms with Crippen molar-refractivity contribution >= 4 is 17.9 Å². The minimum absolute atomic E-state index is 0.114. The van der Waals surface area contributed by atoms with Crippen LogP contribution < -0.4 is 0 Å². The molecule has 0 aromatic rings. The number of unbranched alkanes of at least 4 members (excludes halogenated alkanes) is 22. The number of carbonyl (C=O) groups is 3. The molecule has 0 saturated heterocycles. The van der Waals surface area contributed by atoms with E-state index in [4.69, 9.17) is 14.2 Å². The summed E-state index contributed by atoms with van der Waals surface area (Å²) in [5, 5.41) is 0. The lowest BCUT2D eigenvalue weighted by molar-refractivity contribution is -0.167. The molecule has 414 valence electrons. The van der Waals surface area contributed by atoms with Crippen molar-refractivity contribution in [2.45, 2.75) is 271 Å². The fourth-order valence-corrected chi connectivity index (χ4v) is 7.93. The first-order chi connectivity index (χ1) is 36.0. The Morgan fingerprint density at radius 3 is 0.932 bits per heavy atom. The third-order valence-electron chi connectivity index (χ3n) is 12.4. The van der Waals surface area contributed by atoms with E-state index in [9.17, 15) is 14.4 Å². The van der Waals surface area contributed by atoms with Gasteiger partial charge in [-0.15, -0.1) is 0 Å². The summed E-state index contributed by atoms with van der Waals surface area (Å²) in [6, 6.07) is 0. The fourth-order valence-electron chi connectivity index (χ4n) is 7.93. The molecule has 0 heterocycles. The van der Waals surface area contributed by atoms with E-state index < -0.39 is 6.10 Å². The van der Waals surface area contributed by atoms with Crippen LogP contribution in [0.1, 0.15) is 265 Å². The van der Waals surface area contributed by atoms with E-state index in [2.05, 4.69) is 142 Å². The van der Waals surface area contributed by atoms with Crippen molar-refractivity contribution in [3.63, 3.8) is 0 Å². The van der Waals surface area contributed by atoms with Gasteiger partial charge in [0, 0.05) is 19.3 Å². The van der Waals surface area contributed by atoms with Gasteiger partial charge in [-0.2, -0.15) is 0 Å². The zero-order valence-corrected chi connectivity index (χ0v) is 47.4. The fraction of sp³-hybridized carbons (Fsp3) is 0.657. The average molecular weight is 1010 g/mol. The van der Waals surface area contributed by atoms with Crippen LogP contribution in [0.15, 0.2) is 122 Å². The van der Waals surface area contributed by atoms with E-state index in [1.54, 1.807) is 0 Å². The van der Waals surface area contributed by atoms with E-state index in [-0.39, 0.29) is 37.5 Å². The first kappa shape index (κ1) is 68.8. The van der Waals surface area contributed by atoms with Crippen LogP contribution in [0.2, 0.25) is 0 Å². The second-order valence-electron chi connectivity index (χ2n) is 19.5. The van der Waals surface area contributed by atoms with Gasteiger partial charge >= 0.3 is 17.9 Å². The number of allylic oxidation sites excluding steroid dienone is 20. The summed E-state index contributed by atoms with van der Waals surface area (Å²) >= 11 is 0. The molecular weight excluding hydrogens is 901 g/mol. The minimum atomic E-state index is -0.826. The van der Waals surface area contributed by atoms with Gasteiger partial charge in [0.1, 0.15) is 13.2 Å². The van der Waals surface area contributed by atoms with Gasteiger partial charge in [0.2, 0.25) is 0 Å². The Morgan fingerprint density at radius 1 is 0.288 bits per heavy atom. The van der Waals surface area contributed by atoms with E-state index in [1.165, 1.54) is 116 Å². The number of carbonyl (C=O) groups excluding carboxylic acids is 3. The van der Waals surface area contributed by atoms with E-state index in [0.717, 1.165) is 103 Å². The first-order valence-electron chi connectivity index (χ1n) is 30.0. The molecule has 0 spiro atoms. The number of esters is 3. The van der Waals surface area contributed by atoms with Crippen molar-refractivity contribution in [2.24, 2.45) is 0 Å². The Morgan fingerprint density at radius 2 is 0.548 bits per heavy atom. The highest BCUT2D eigenvalue weighted by atomic mass is 16.6. The van der Waals surface area contributed by atoms with Crippen molar-refractivity contribution < 1.29 is 28.6 Å². The maximum atomic E-state index is 12.9. The van der Waals surface area contributed by atoms with Crippen molar-refractivity contribution in [1.29, 1.82) is 0 Å². The molecule has 0 N–H and O–H groups in total. The number of hydrogen-bond acceptors (Lipinski definition) is 6. The van der Waals surface area contributed by atoms with Crippen molar-refractivity contribution in [2.75, 3.05) is 13.2 Å². The van der Waals surface area contributed by atoms with Crippen LogP contribution >= 0.6 is 0 Å². The van der Waals surface area contributed by atoms with Gasteiger partial charge in [-0.25, -0.2) is 0 Å². The topological polar surface area (TPSA) is 78.9 Å². The Balaban J connectivity index is 4.53. The molecule has 0 aliphatic heterocycles. The molecule has 0 saturated carbocycles. The maximum Gasteiger partial charge on any atom is 0.306 e. The van der Waals surface area contributed by atoms with Gasteiger partial charge < -0.3 is 14.2 Å². The summed E-state index contributed by atoms with van der Waals surface area (Å²) in [5.74, 6) is -1.01. The molecule has 0 bridgehead atoms. The van der Waals surface area contributed by atoms with Crippen LogP contribution in [0.5, 0.6) is 0 Å². The third kappa shape index (κ3) is 58.6. The lowest BCUT2D eigenvalue weighted by atomic mass is 10.1. The summed E-state index contributed by atoms with van der Waals surface area (Å²) in [6.07, 6.45) is 83.4. The Labute approximate surface area is 450 Å². The molecule has 0 unspecified atom stereocenters. The predicted molar refractivity (Wildman–Crippen MR) is 316 cm³/mol. The molecule has 0 radical (unpaired) electrons. The van der Waals surface area contributed by atoms with Crippen LogP contribution in [0, 0.1) is 0 Å². The summed E-state index contributed by atoms with van der Waals surface area (Å²) in [6.45, 7) is 6.42. The Kier molecular flexibility index (Phi) is 56.9. The van der Waals surface area contributed by atoms with Crippen molar-refractivity contribution in [3.8, 4) is 0 Å². The van der Waals surface area contributed by atoms with Gasteiger partial charge in [0.25, 0.3) is 0 Å². The third-order valence-corrected chi connectivity index (χ3v) is 12.4. The number of ether oxygens (including phenoxy) is 3. The van der Waals surface area contributed by atoms with Crippen LogP contribution in [0.4, 0.5) is 0 Å². The van der Waals surface area contributed by atoms with Crippen molar-refractivity contribution in [3.05, 3.63) is 122 Å². The van der Waals surface area contributed by atoms with Gasteiger partial charge in [0.05, 0.1) is 0 Å². The lowest BCUT2D eigenvalue weighted by Crippen LogP contribution is -2.30. The second-order valence-corrected chi connectivity index (χ2v) is 19.5. The molecule has 73 heavy (non-hydrogen) atoms. The molecule has 1 atom stereocenters. The molecule has 0 aliphatic rings. The second kappa shape index (κ2) is 60.4. The lowest BCUT2D eigenvalue weighted by Gasteiger charge is -2.18. The smallest absolute Gasteiger partial charge is 0.306 e. The molecule has 0 aliphatic carbocycles. The standard InChI is InChI=1S/C67H110O6/c1-4-7-10-13-16-19-22-25-28-31-33-36-38-41-44-47-50-53-56-59-65(68)71-62-64(73-67(70)61-58-55-52-49-46-43-40-35-30-27-24-21-18-15-12-9-6-3)63-72-66(69)60-57-54-51-48-45-42-39-37-34-32-29-26-23-20-17-14-11-8-5-2/h7,10,16,18-19,21,25-30,33,36,40-41,43-44,49,52,64H,4-6,8-9,11-15,17,20,22-24,31-32,34-35,37-39,42,45-48,50-51,53-63H2,1-3H3/b10-7-,19-16-,21-18-,28-25-,29-26-,30-27-,36-33-,43-40-,44-41-,52-49-/t64-/m1/s1. The van der Waals surface area contributed by atoms with Gasteiger partial charge in [-0.3, -0.25) is 14.4 Å². The highest BCUT2D eigenvalue weighted by Gasteiger charge is 2.19. The average Bonchev–Trinajstić information content (AvgIpc) is 3.39. The molecule has 0 rings (SSSR count). The highest BCUT2D eigenvalue weighted by Crippen LogP contribution is 2.14. The van der Waals surface area contributed by atoms with Crippen LogP contribution in [0.3, 0.4) is 0 Å². The van der Waals surface area contributed by atoms with E-state index in [0.29, 0.717) is 19.3 Å². The van der Waals surface area contributed by atoms with E-state index in [1.807, 2.05) is 0 Å². The van der Waals surface area contributed by atoms with Crippen LogP contribution in [0.25, 0.3) is 0 Å². The minimum Gasteiger partial charge on any atom is -0.462 e. The van der Waals surface area contributed by atoms with Gasteiger partial charge in [0.15, 0.2) is 6.10 Å². The van der Waals surface area contributed by atoms with E-state index >= 15 is 0 Å². The number of hydrogen-bond donors (Lipinski definition) is 0. The van der Waals surface area contributed by atoms with Gasteiger partial charge in [-0.1, -0.05) is 239 Å². The molecular formula is C67H110O6. The SMILES string of the molecule is CC/C=C\C/C=C\C/C=C\C/C=C\C/C=C\CCCCCC(=O)OC[C@H](COC(=O)CCCCCCCCCCC/C=C\CCCCCCCC)OC(=O)CCC/C=C\C/C=C\C/C=C\C/C=C\CCCCC. The predicted octanol–water partition coefficient (Wildman–Crippen LogP) is 20.4. The quantitative estimate of drug-likeness (QED) is 0.0261. The van der Waals surface area contributed by atoms with Gasteiger partial charge in [-0.05, 0) is 128 Å². The summed E-state index contributed by atoms with van der Waals surface area (Å²) in [4.78, 5) is 38.2. The molecule has 6 heteroatoms. The molecule has 0 aromatic carbocycles. The highest BCUT2D eigenvalue weighted by molar-refractivity contribution is 5.71. The summed E-state index contributed by atoms with van der Waals surface area (Å²) in [7, 11) is 0. The molecule has 6 nitrogen and oxygen atoms in total. The Hall–Kier alpha value is -4.19. The molecule has 0 amide bonds. The monoisotopic (exact) mass is 1010 g/mol.